The van der Waals surface area contributed by atoms with Gasteiger partial charge in [-0.1, -0.05) is 20.3 Å². The van der Waals surface area contributed by atoms with Crippen molar-refractivity contribution in [3.05, 3.63) is 0 Å². The second kappa shape index (κ2) is 6.75. The molecule has 102 valence electrons. The third-order valence-corrected chi connectivity index (χ3v) is 4.43. The summed E-state index contributed by atoms with van der Waals surface area (Å²) in [5, 5.41) is 21.3. The van der Waals surface area contributed by atoms with Crippen molar-refractivity contribution in [2.24, 2.45) is 17.3 Å². The van der Waals surface area contributed by atoms with Gasteiger partial charge >= 0.3 is 0 Å². The van der Waals surface area contributed by atoms with Crippen molar-refractivity contribution < 1.29 is 9.90 Å². The number of nitrogens with zero attached hydrogens (tertiary/aromatic N) is 1. The minimum atomic E-state index is -0.882. The molecule has 1 rings (SSSR count). The van der Waals surface area contributed by atoms with E-state index in [-0.39, 0.29) is 12.5 Å². The van der Waals surface area contributed by atoms with Crippen LogP contribution >= 0.6 is 0 Å². The molecule has 4 nitrogen and oxygen atoms in total. The highest BCUT2D eigenvalue weighted by atomic mass is 16.3. The zero-order valence-electron chi connectivity index (χ0n) is 11.4. The summed E-state index contributed by atoms with van der Waals surface area (Å²) >= 11 is 0. The predicted octanol–water partition coefficient (Wildman–Crippen LogP) is 1.84. The molecule has 0 aromatic rings. The summed E-state index contributed by atoms with van der Waals surface area (Å²) in [4.78, 5) is 12.1. The zero-order valence-corrected chi connectivity index (χ0v) is 11.4. The van der Waals surface area contributed by atoms with Crippen LogP contribution in [0.4, 0.5) is 0 Å². The molecule has 0 heterocycles. The normalized spacial score (nSPS) is 23.7. The largest absolute Gasteiger partial charge is 0.396 e. The molecule has 1 saturated carbocycles. The maximum Gasteiger partial charge on any atom is 0.240 e. The molecule has 0 radical (unpaired) electrons. The molecule has 2 atom stereocenters. The van der Waals surface area contributed by atoms with E-state index in [9.17, 15) is 15.2 Å². The minimum absolute atomic E-state index is 0.154. The smallest absolute Gasteiger partial charge is 0.240 e. The Morgan fingerprint density at radius 1 is 1.39 bits per heavy atom. The summed E-state index contributed by atoms with van der Waals surface area (Å²) in [6.07, 6.45) is 4.31. The molecule has 1 aliphatic carbocycles. The van der Waals surface area contributed by atoms with Crippen LogP contribution < -0.4 is 5.32 Å². The number of aliphatic hydroxyl groups is 1. The number of aliphatic hydroxyl groups excluding tert-OH is 1. The fourth-order valence-corrected chi connectivity index (χ4v) is 2.80. The van der Waals surface area contributed by atoms with Crippen molar-refractivity contribution in [2.75, 3.05) is 13.2 Å². The van der Waals surface area contributed by atoms with Crippen LogP contribution in [-0.2, 0) is 4.79 Å². The Hall–Kier alpha value is -1.08. The summed E-state index contributed by atoms with van der Waals surface area (Å²) in [6, 6.07) is 2.15. The fraction of sp³-hybridized carbons (Fsp3) is 0.857. The van der Waals surface area contributed by atoms with Crippen molar-refractivity contribution >= 4 is 5.91 Å². The second-order valence-corrected chi connectivity index (χ2v) is 5.24. The maximum atomic E-state index is 12.1. The number of hydrogen-bond acceptors (Lipinski definition) is 3. The van der Waals surface area contributed by atoms with E-state index in [1.165, 1.54) is 0 Å². The van der Waals surface area contributed by atoms with E-state index in [1.807, 2.05) is 13.8 Å². The van der Waals surface area contributed by atoms with E-state index >= 15 is 0 Å². The van der Waals surface area contributed by atoms with Crippen molar-refractivity contribution in [2.45, 2.75) is 46.0 Å². The molecule has 1 aliphatic rings. The molecule has 0 spiro atoms. The number of carbonyl (C=O) groups is 1. The molecule has 0 saturated heterocycles. The molecular formula is C14H24N2O2. The SMILES string of the molecule is CCC(C#N)(CC)C(=O)NCC1CCCC1CO. The molecule has 0 aliphatic heterocycles. The summed E-state index contributed by atoms with van der Waals surface area (Å²) in [5.74, 6) is 0.521. The first-order valence-corrected chi connectivity index (χ1v) is 6.94. The van der Waals surface area contributed by atoms with Crippen molar-refractivity contribution in [1.82, 2.24) is 5.32 Å². The molecule has 1 fully saturated rings. The summed E-state index contributed by atoms with van der Waals surface area (Å²) in [5.41, 5.74) is -0.882. The highest BCUT2D eigenvalue weighted by Crippen LogP contribution is 2.31. The Balaban J connectivity index is 2.53. The van der Waals surface area contributed by atoms with Crippen LogP contribution in [0.1, 0.15) is 46.0 Å². The highest BCUT2D eigenvalue weighted by molar-refractivity contribution is 5.85. The summed E-state index contributed by atoms with van der Waals surface area (Å²) < 4.78 is 0. The lowest BCUT2D eigenvalue weighted by Gasteiger charge is -2.24. The van der Waals surface area contributed by atoms with Gasteiger partial charge in [-0.05, 0) is 37.5 Å². The van der Waals surface area contributed by atoms with Crippen LogP contribution in [-0.4, -0.2) is 24.2 Å². The van der Waals surface area contributed by atoms with Gasteiger partial charge in [-0.3, -0.25) is 4.79 Å². The third kappa shape index (κ3) is 3.02. The van der Waals surface area contributed by atoms with Gasteiger partial charge in [0.1, 0.15) is 5.41 Å². The van der Waals surface area contributed by atoms with E-state index in [0.29, 0.717) is 31.2 Å². The lowest BCUT2D eigenvalue weighted by atomic mass is 9.83. The molecule has 0 aromatic carbocycles. The molecule has 1 amide bonds. The lowest BCUT2D eigenvalue weighted by Crippen LogP contribution is -2.42. The number of amides is 1. The Labute approximate surface area is 109 Å². The molecule has 4 heteroatoms. The van der Waals surface area contributed by atoms with E-state index in [1.54, 1.807) is 0 Å². The van der Waals surface area contributed by atoms with Gasteiger partial charge in [0, 0.05) is 13.2 Å². The van der Waals surface area contributed by atoms with Crippen LogP contribution in [0.3, 0.4) is 0 Å². The molecular weight excluding hydrogens is 228 g/mol. The number of hydrogen-bond donors (Lipinski definition) is 2. The lowest BCUT2D eigenvalue weighted by molar-refractivity contribution is -0.128. The predicted molar refractivity (Wildman–Crippen MR) is 69.6 cm³/mol. The van der Waals surface area contributed by atoms with Crippen molar-refractivity contribution in [3.8, 4) is 6.07 Å². The van der Waals surface area contributed by atoms with Gasteiger partial charge in [0.15, 0.2) is 0 Å². The Morgan fingerprint density at radius 2 is 2.00 bits per heavy atom. The molecule has 0 bridgehead atoms. The first-order valence-electron chi connectivity index (χ1n) is 6.94. The van der Waals surface area contributed by atoms with E-state index in [0.717, 1.165) is 19.3 Å². The van der Waals surface area contributed by atoms with Crippen molar-refractivity contribution in [1.29, 1.82) is 5.26 Å². The topological polar surface area (TPSA) is 73.1 Å². The van der Waals surface area contributed by atoms with Crippen LogP contribution in [0.5, 0.6) is 0 Å². The number of rotatable bonds is 6. The molecule has 0 aromatic heterocycles. The summed E-state index contributed by atoms with van der Waals surface area (Å²) in [6.45, 7) is 4.54. The van der Waals surface area contributed by atoms with Crippen LogP contribution in [0.2, 0.25) is 0 Å². The fourth-order valence-electron chi connectivity index (χ4n) is 2.80. The zero-order chi connectivity index (χ0) is 13.6. The van der Waals surface area contributed by atoms with E-state index < -0.39 is 5.41 Å². The van der Waals surface area contributed by atoms with Gasteiger partial charge in [-0.25, -0.2) is 0 Å². The van der Waals surface area contributed by atoms with Gasteiger partial charge in [0.25, 0.3) is 0 Å². The third-order valence-electron chi connectivity index (χ3n) is 4.43. The van der Waals surface area contributed by atoms with Gasteiger partial charge in [-0.15, -0.1) is 0 Å². The Kier molecular flexibility index (Phi) is 5.61. The van der Waals surface area contributed by atoms with Gasteiger partial charge in [0.05, 0.1) is 6.07 Å². The highest BCUT2D eigenvalue weighted by Gasteiger charge is 2.36. The second-order valence-electron chi connectivity index (χ2n) is 5.24. The molecule has 18 heavy (non-hydrogen) atoms. The number of nitriles is 1. The van der Waals surface area contributed by atoms with Crippen molar-refractivity contribution in [3.63, 3.8) is 0 Å². The average Bonchev–Trinajstić information content (AvgIpc) is 2.86. The monoisotopic (exact) mass is 252 g/mol. The number of nitrogens with one attached hydrogen (secondary N) is 1. The van der Waals surface area contributed by atoms with Crippen LogP contribution in [0.15, 0.2) is 0 Å². The van der Waals surface area contributed by atoms with Crippen LogP contribution in [0, 0.1) is 28.6 Å². The van der Waals surface area contributed by atoms with Gasteiger partial charge in [-0.2, -0.15) is 5.26 Å². The summed E-state index contributed by atoms with van der Waals surface area (Å²) in [7, 11) is 0. The van der Waals surface area contributed by atoms with E-state index in [2.05, 4.69) is 11.4 Å². The standard InChI is InChI=1S/C14H24N2O2/c1-3-14(4-2,10-15)13(18)16-8-11-6-5-7-12(11)9-17/h11-12,17H,3-9H2,1-2H3,(H,16,18). The minimum Gasteiger partial charge on any atom is -0.396 e. The molecule has 2 N–H and O–H groups in total. The van der Waals surface area contributed by atoms with E-state index in [4.69, 9.17) is 0 Å². The number of carbonyl (C=O) groups excluding carboxylic acids is 1. The average molecular weight is 252 g/mol. The maximum absolute atomic E-state index is 12.1. The first-order chi connectivity index (χ1) is 8.63. The Bertz CT molecular complexity index is 318. The Morgan fingerprint density at radius 3 is 2.50 bits per heavy atom. The first kappa shape index (κ1) is 15.0. The van der Waals surface area contributed by atoms with Crippen LogP contribution in [0.25, 0.3) is 0 Å². The molecule has 2 unspecified atom stereocenters. The van der Waals surface area contributed by atoms with Gasteiger partial charge < -0.3 is 10.4 Å². The quantitative estimate of drug-likeness (QED) is 0.757. The van der Waals surface area contributed by atoms with Gasteiger partial charge in [0.2, 0.25) is 5.91 Å².